The molecule has 3 aliphatic rings. The summed E-state index contributed by atoms with van der Waals surface area (Å²) in [5.74, 6) is 0. The molecule has 1 saturated carbocycles. The van der Waals surface area contributed by atoms with Crippen molar-refractivity contribution in [3.63, 3.8) is 0 Å². The molecule has 5 nitrogen and oxygen atoms in total. The van der Waals surface area contributed by atoms with Gasteiger partial charge in [-0.25, -0.2) is 0 Å². The fraction of sp³-hybridized carbons (Fsp3) is 0.615. The third-order valence-electron chi connectivity index (χ3n) is 7.93. The van der Waals surface area contributed by atoms with Crippen LogP contribution < -0.4 is 9.80 Å². The van der Waals surface area contributed by atoms with Crippen molar-refractivity contribution in [2.75, 3.05) is 42.5 Å². The number of hydrogen-bond acceptors (Lipinski definition) is 5. The van der Waals surface area contributed by atoms with Crippen molar-refractivity contribution >= 4 is 23.0 Å². The molecule has 3 heterocycles. The van der Waals surface area contributed by atoms with E-state index in [4.69, 9.17) is 11.6 Å². The second-order valence-electron chi connectivity index (χ2n) is 9.80. The summed E-state index contributed by atoms with van der Waals surface area (Å²) in [4.78, 5) is 7.91. The molecule has 0 radical (unpaired) electrons. The number of piperazine rings is 1. The van der Waals surface area contributed by atoms with E-state index in [0.29, 0.717) is 11.2 Å². The first-order valence-electron chi connectivity index (χ1n) is 12.5. The van der Waals surface area contributed by atoms with Gasteiger partial charge in [-0.2, -0.15) is 5.10 Å². The molecule has 0 bridgehead atoms. The van der Waals surface area contributed by atoms with Crippen LogP contribution in [0.25, 0.3) is 0 Å². The monoisotopic (exact) mass is 453 g/mol. The normalized spacial score (nSPS) is 25.2. The van der Waals surface area contributed by atoms with E-state index in [2.05, 4.69) is 50.0 Å². The van der Waals surface area contributed by atoms with E-state index in [1.165, 1.54) is 69.2 Å². The maximum Gasteiger partial charge on any atom is 0.153 e. The van der Waals surface area contributed by atoms with Crippen LogP contribution in [0, 0.1) is 6.92 Å². The number of hydrogen-bond donors (Lipinski definition) is 0. The van der Waals surface area contributed by atoms with E-state index in [0.717, 1.165) is 37.9 Å². The molecule has 2 fully saturated rings. The topological polar surface area (TPSA) is 35.5 Å². The first-order valence-corrected chi connectivity index (χ1v) is 12.9. The summed E-state index contributed by atoms with van der Waals surface area (Å²) in [6, 6.07) is 10.3. The van der Waals surface area contributed by atoms with Gasteiger partial charge in [-0.15, -0.1) is 5.10 Å². The van der Waals surface area contributed by atoms with Gasteiger partial charge in [0, 0.05) is 56.6 Å². The van der Waals surface area contributed by atoms with Crippen LogP contribution in [-0.2, 0) is 6.42 Å². The minimum absolute atomic E-state index is 0.476. The summed E-state index contributed by atoms with van der Waals surface area (Å²) in [7, 11) is 0. The third kappa shape index (κ3) is 4.74. The van der Waals surface area contributed by atoms with Crippen molar-refractivity contribution in [1.29, 1.82) is 0 Å². The second kappa shape index (κ2) is 9.96. The number of aryl methyl sites for hydroxylation is 1. The standard InChI is InChI=1S/C26H36ClN5/c1-20-6-5-8-25-24(20)7-3-2-4-13-32(25)22-11-9-21(10-12-22)30-14-16-31(17-15-30)23-18-26(27)29-28-19-23/h5-6,8,18-19,21-22H,2-4,7,9-17H2,1H3. The lowest BCUT2D eigenvalue weighted by Gasteiger charge is -2.45. The fourth-order valence-corrected chi connectivity index (χ4v) is 6.28. The summed E-state index contributed by atoms with van der Waals surface area (Å²) >= 11 is 6.04. The molecular weight excluding hydrogens is 418 g/mol. The van der Waals surface area contributed by atoms with Gasteiger partial charge in [0.25, 0.3) is 0 Å². The Morgan fingerprint density at radius 1 is 0.906 bits per heavy atom. The molecule has 6 heteroatoms. The van der Waals surface area contributed by atoms with Crippen molar-refractivity contribution in [3.8, 4) is 0 Å². The van der Waals surface area contributed by atoms with Gasteiger partial charge in [0.15, 0.2) is 5.15 Å². The van der Waals surface area contributed by atoms with Crippen LogP contribution in [0.5, 0.6) is 0 Å². The van der Waals surface area contributed by atoms with Crippen molar-refractivity contribution in [1.82, 2.24) is 15.1 Å². The molecule has 1 saturated heterocycles. The molecule has 172 valence electrons. The lowest BCUT2D eigenvalue weighted by Crippen LogP contribution is -2.52. The van der Waals surface area contributed by atoms with Crippen LogP contribution in [0.2, 0.25) is 5.15 Å². The summed E-state index contributed by atoms with van der Waals surface area (Å²) in [6.07, 6.45) is 12.4. The number of halogens is 1. The number of nitrogens with zero attached hydrogens (tertiary/aromatic N) is 5. The number of rotatable bonds is 3. The smallest absolute Gasteiger partial charge is 0.153 e. The molecule has 1 aliphatic carbocycles. The Morgan fingerprint density at radius 3 is 2.47 bits per heavy atom. The van der Waals surface area contributed by atoms with Crippen LogP contribution >= 0.6 is 11.6 Å². The third-order valence-corrected chi connectivity index (χ3v) is 8.12. The molecule has 5 rings (SSSR count). The van der Waals surface area contributed by atoms with Crippen LogP contribution in [0.4, 0.5) is 11.4 Å². The Morgan fingerprint density at radius 2 is 1.69 bits per heavy atom. The number of fused-ring (bicyclic) bond motifs is 1. The van der Waals surface area contributed by atoms with Gasteiger partial charge in [-0.1, -0.05) is 30.2 Å². The van der Waals surface area contributed by atoms with E-state index >= 15 is 0 Å². The molecular formula is C26H36ClN5. The van der Waals surface area contributed by atoms with Gasteiger partial charge >= 0.3 is 0 Å². The molecule has 0 unspecified atom stereocenters. The van der Waals surface area contributed by atoms with Gasteiger partial charge in [-0.3, -0.25) is 4.90 Å². The zero-order chi connectivity index (χ0) is 21.9. The summed E-state index contributed by atoms with van der Waals surface area (Å²) in [5, 5.41) is 8.36. The van der Waals surface area contributed by atoms with E-state index in [9.17, 15) is 0 Å². The van der Waals surface area contributed by atoms with E-state index < -0.39 is 0 Å². The zero-order valence-corrected chi connectivity index (χ0v) is 20.1. The van der Waals surface area contributed by atoms with E-state index in [1.807, 2.05) is 12.3 Å². The molecule has 0 N–H and O–H groups in total. The Hall–Kier alpha value is -1.85. The van der Waals surface area contributed by atoms with Gasteiger partial charge in [0.2, 0.25) is 0 Å². The van der Waals surface area contributed by atoms with Crippen LogP contribution in [0.1, 0.15) is 56.1 Å². The Kier molecular flexibility index (Phi) is 6.84. The average molecular weight is 454 g/mol. The SMILES string of the molecule is Cc1cccc2c1CCCCCN2C1CCC(N2CCN(c3cnnc(Cl)c3)CC2)CC1. The van der Waals surface area contributed by atoms with E-state index in [-0.39, 0.29) is 0 Å². The fourth-order valence-electron chi connectivity index (χ4n) is 6.13. The highest BCUT2D eigenvalue weighted by Gasteiger charge is 2.32. The first kappa shape index (κ1) is 22.0. The van der Waals surface area contributed by atoms with Crippen LogP contribution in [0.15, 0.2) is 30.5 Å². The highest BCUT2D eigenvalue weighted by molar-refractivity contribution is 6.29. The van der Waals surface area contributed by atoms with Crippen LogP contribution in [-0.4, -0.2) is 59.9 Å². The largest absolute Gasteiger partial charge is 0.368 e. The molecule has 0 spiro atoms. The number of anilines is 2. The van der Waals surface area contributed by atoms with Gasteiger partial charge in [0.1, 0.15) is 0 Å². The predicted molar refractivity (Wildman–Crippen MR) is 133 cm³/mol. The van der Waals surface area contributed by atoms with Crippen molar-refractivity contribution in [3.05, 3.63) is 46.7 Å². The van der Waals surface area contributed by atoms with Crippen LogP contribution in [0.3, 0.4) is 0 Å². The molecule has 1 aromatic heterocycles. The first-order chi connectivity index (χ1) is 15.7. The Labute approximate surface area is 197 Å². The maximum atomic E-state index is 6.04. The zero-order valence-electron chi connectivity index (χ0n) is 19.3. The summed E-state index contributed by atoms with van der Waals surface area (Å²) in [6.45, 7) is 7.86. The Bertz CT molecular complexity index is 903. The molecule has 2 aromatic rings. The molecule has 0 amide bonds. The molecule has 0 atom stereocenters. The lowest BCUT2D eigenvalue weighted by molar-refractivity contribution is 0.140. The van der Waals surface area contributed by atoms with Crippen molar-refractivity contribution < 1.29 is 0 Å². The van der Waals surface area contributed by atoms with Crippen molar-refractivity contribution in [2.24, 2.45) is 0 Å². The number of benzene rings is 1. The highest BCUT2D eigenvalue weighted by Crippen LogP contribution is 2.35. The summed E-state index contributed by atoms with van der Waals surface area (Å²) < 4.78 is 0. The lowest BCUT2D eigenvalue weighted by atomic mass is 9.87. The quantitative estimate of drug-likeness (QED) is 0.645. The second-order valence-corrected chi connectivity index (χ2v) is 10.2. The van der Waals surface area contributed by atoms with Gasteiger partial charge < -0.3 is 9.80 Å². The maximum absolute atomic E-state index is 6.04. The minimum atomic E-state index is 0.476. The number of aromatic nitrogens is 2. The average Bonchev–Trinajstić information content (AvgIpc) is 2.81. The van der Waals surface area contributed by atoms with Gasteiger partial charge in [-0.05, 0) is 69.1 Å². The highest BCUT2D eigenvalue weighted by atomic mass is 35.5. The molecule has 32 heavy (non-hydrogen) atoms. The predicted octanol–water partition coefficient (Wildman–Crippen LogP) is 5.10. The molecule has 2 aliphatic heterocycles. The Balaban J connectivity index is 1.19. The van der Waals surface area contributed by atoms with Crippen molar-refractivity contribution in [2.45, 2.75) is 70.4 Å². The molecule has 1 aromatic carbocycles. The van der Waals surface area contributed by atoms with Gasteiger partial charge in [0.05, 0.1) is 11.9 Å². The minimum Gasteiger partial charge on any atom is -0.368 e. The van der Waals surface area contributed by atoms with E-state index in [1.54, 1.807) is 5.56 Å². The summed E-state index contributed by atoms with van der Waals surface area (Å²) in [5.41, 5.74) is 5.72.